The van der Waals surface area contributed by atoms with E-state index in [2.05, 4.69) is 26.5 Å². The second kappa shape index (κ2) is 8.76. The molecule has 0 amide bonds. The average Bonchev–Trinajstić information content (AvgIpc) is 2.18. The third kappa shape index (κ3) is 6.67. The molecule has 0 rings (SSSR count). The summed E-state index contributed by atoms with van der Waals surface area (Å²) in [6.07, 6.45) is 9.02. The molecule has 0 aromatic heterocycles. The fourth-order valence-corrected chi connectivity index (χ4v) is 1.01. The molecule has 0 aliphatic heterocycles. The SMILES string of the molecule is C=C/C=C(\C=C/C)COCC(C)CC. The first-order valence-corrected chi connectivity index (χ1v) is 5.26. The normalized spacial score (nSPS) is 14.6. The van der Waals surface area contributed by atoms with Crippen molar-refractivity contribution in [3.8, 4) is 0 Å². The summed E-state index contributed by atoms with van der Waals surface area (Å²) in [4.78, 5) is 0. The van der Waals surface area contributed by atoms with E-state index in [-0.39, 0.29) is 0 Å². The number of allylic oxidation sites excluding steroid dienone is 3. The zero-order valence-electron chi connectivity index (χ0n) is 9.62. The van der Waals surface area contributed by atoms with E-state index in [1.165, 1.54) is 12.0 Å². The van der Waals surface area contributed by atoms with Crippen LogP contribution in [0.1, 0.15) is 27.2 Å². The zero-order valence-corrected chi connectivity index (χ0v) is 9.62. The van der Waals surface area contributed by atoms with Gasteiger partial charge in [-0.2, -0.15) is 0 Å². The van der Waals surface area contributed by atoms with Crippen molar-refractivity contribution in [1.82, 2.24) is 0 Å². The summed E-state index contributed by atoms with van der Waals surface area (Å²) in [6, 6.07) is 0. The van der Waals surface area contributed by atoms with Gasteiger partial charge < -0.3 is 4.74 Å². The molecule has 0 saturated heterocycles. The smallest absolute Gasteiger partial charge is 0.0716 e. The van der Waals surface area contributed by atoms with Crippen LogP contribution >= 0.6 is 0 Å². The summed E-state index contributed by atoms with van der Waals surface area (Å²) in [5.74, 6) is 0.644. The van der Waals surface area contributed by atoms with Crippen LogP contribution in [-0.2, 0) is 4.74 Å². The van der Waals surface area contributed by atoms with Gasteiger partial charge in [0.2, 0.25) is 0 Å². The molecular formula is C13H22O. The van der Waals surface area contributed by atoms with Gasteiger partial charge in [-0.05, 0) is 18.4 Å². The van der Waals surface area contributed by atoms with E-state index >= 15 is 0 Å². The monoisotopic (exact) mass is 194 g/mol. The van der Waals surface area contributed by atoms with Gasteiger partial charge in [0.15, 0.2) is 0 Å². The Morgan fingerprint density at radius 3 is 2.71 bits per heavy atom. The Labute approximate surface area is 88.2 Å². The van der Waals surface area contributed by atoms with E-state index in [0.717, 1.165) is 6.61 Å². The summed E-state index contributed by atoms with van der Waals surface area (Å²) in [7, 11) is 0. The van der Waals surface area contributed by atoms with Crippen LogP contribution in [0.15, 0.2) is 36.5 Å². The highest BCUT2D eigenvalue weighted by atomic mass is 16.5. The number of rotatable bonds is 7. The molecule has 0 bridgehead atoms. The van der Waals surface area contributed by atoms with Crippen molar-refractivity contribution in [1.29, 1.82) is 0 Å². The van der Waals surface area contributed by atoms with Crippen LogP contribution in [0.4, 0.5) is 0 Å². The van der Waals surface area contributed by atoms with E-state index in [1.807, 2.05) is 19.1 Å². The van der Waals surface area contributed by atoms with Gasteiger partial charge in [0.1, 0.15) is 0 Å². The Kier molecular flexibility index (Phi) is 8.25. The molecule has 0 fully saturated rings. The summed E-state index contributed by atoms with van der Waals surface area (Å²) in [6.45, 7) is 11.6. The van der Waals surface area contributed by atoms with E-state index in [4.69, 9.17) is 4.74 Å². The van der Waals surface area contributed by atoms with Crippen molar-refractivity contribution >= 4 is 0 Å². The lowest BCUT2D eigenvalue weighted by Crippen LogP contribution is -2.06. The summed E-state index contributed by atoms with van der Waals surface area (Å²) in [5, 5.41) is 0. The average molecular weight is 194 g/mol. The third-order valence-corrected chi connectivity index (χ3v) is 2.08. The minimum atomic E-state index is 0.644. The van der Waals surface area contributed by atoms with Crippen LogP contribution in [-0.4, -0.2) is 13.2 Å². The maximum absolute atomic E-state index is 5.59. The standard InChI is InChI=1S/C13H22O/c1-5-8-13(9-6-2)11-14-10-12(4)7-3/h5-6,8-9,12H,1,7,10-11H2,2-4H3/b9-6-,13-8+. The Morgan fingerprint density at radius 1 is 1.50 bits per heavy atom. The molecule has 0 saturated carbocycles. The second-order valence-electron chi connectivity index (χ2n) is 3.51. The lowest BCUT2D eigenvalue weighted by molar-refractivity contribution is 0.124. The molecule has 0 aromatic carbocycles. The van der Waals surface area contributed by atoms with Gasteiger partial charge in [0.25, 0.3) is 0 Å². The molecule has 80 valence electrons. The second-order valence-corrected chi connectivity index (χ2v) is 3.51. The van der Waals surface area contributed by atoms with Crippen LogP contribution in [0.2, 0.25) is 0 Å². The summed E-state index contributed by atoms with van der Waals surface area (Å²) >= 11 is 0. The summed E-state index contributed by atoms with van der Waals surface area (Å²) < 4.78 is 5.59. The molecule has 0 spiro atoms. The molecule has 0 aliphatic carbocycles. The van der Waals surface area contributed by atoms with Crippen LogP contribution in [0.5, 0.6) is 0 Å². The Hall–Kier alpha value is -0.820. The van der Waals surface area contributed by atoms with E-state index in [0.29, 0.717) is 12.5 Å². The van der Waals surface area contributed by atoms with Crippen molar-refractivity contribution in [2.75, 3.05) is 13.2 Å². The predicted octanol–water partition coefficient (Wildman–Crippen LogP) is 3.74. The van der Waals surface area contributed by atoms with Gasteiger partial charge in [-0.25, -0.2) is 0 Å². The Morgan fingerprint density at radius 2 is 2.21 bits per heavy atom. The minimum absolute atomic E-state index is 0.644. The lowest BCUT2D eigenvalue weighted by Gasteiger charge is -2.09. The zero-order chi connectivity index (χ0) is 10.8. The molecule has 1 nitrogen and oxygen atoms in total. The molecule has 1 atom stereocenters. The van der Waals surface area contributed by atoms with Gasteiger partial charge in [0, 0.05) is 6.61 Å². The summed E-state index contributed by atoms with van der Waals surface area (Å²) in [5.41, 5.74) is 1.17. The highest BCUT2D eigenvalue weighted by Gasteiger charge is 1.98. The van der Waals surface area contributed by atoms with Gasteiger partial charge in [0.05, 0.1) is 6.61 Å². The molecule has 0 radical (unpaired) electrons. The van der Waals surface area contributed by atoms with Crippen molar-refractivity contribution in [2.45, 2.75) is 27.2 Å². The Balaban J connectivity index is 3.83. The van der Waals surface area contributed by atoms with Crippen molar-refractivity contribution in [2.24, 2.45) is 5.92 Å². The van der Waals surface area contributed by atoms with Crippen LogP contribution < -0.4 is 0 Å². The molecular weight excluding hydrogens is 172 g/mol. The van der Waals surface area contributed by atoms with Crippen LogP contribution in [0, 0.1) is 5.92 Å². The predicted molar refractivity (Wildman–Crippen MR) is 63.4 cm³/mol. The van der Waals surface area contributed by atoms with Crippen molar-refractivity contribution < 1.29 is 4.74 Å². The topological polar surface area (TPSA) is 9.23 Å². The molecule has 0 aliphatic rings. The first-order valence-electron chi connectivity index (χ1n) is 5.26. The van der Waals surface area contributed by atoms with Crippen LogP contribution in [0.3, 0.4) is 0 Å². The van der Waals surface area contributed by atoms with Crippen molar-refractivity contribution in [3.63, 3.8) is 0 Å². The van der Waals surface area contributed by atoms with Gasteiger partial charge in [-0.3, -0.25) is 0 Å². The van der Waals surface area contributed by atoms with E-state index in [1.54, 1.807) is 6.08 Å². The fourth-order valence-electron chi connectivity index (χ4n) is 1.01. The molecule has 14 heavy (non-hydrogen) atoms. The van der Waals surface area contributed by atoms with Gasteiger partial charge in [-0.15, -0.1) is 0 Å². The minimum Gasteiger partial charge on any atom is -0.376 e. The third-order valence-electron chi connectivity index (χ3n) is 2.08. The molecule has 1 unspecified atom stereocenters. The lowest BCUT2D eigenvalue weighted by atomic mass is 10.1. The first kappa shape index (κ1) is 13.2. The number of ether oxygens (including phenoxy) is 1. The number of hydrogen-bond donors (Lipinski definition) is 0. The van der Waals surface area contributed by atoms with E-state index < -0.39 is 0 Å². The van der Waals surface area contributed by atoms with Gasteiger partial charge in [-0.1, -0.05) is 51.2 Å². The Bertz CT molecular complexity index is 201. The number of hydrogen-bond acceptors (Lipinski definition) is 1. The highest BCUT2D eigenvalue weighted by molar-refractivity contribution is 5.22. The first-order chi connectivity index (χ1) is 6.74. The molecule has 1 heteroatoms. The quantitative estimate of drug-likeness (QED) is 0.561. The van der Waals surface area contributed by atoms with E-state index in [9.17, 15) is 0 Å². The molecule has 0 heterocycles. The molecule has 0 aromatic rings. The van der Waals surface area contributed by atoms with Crippen molar-refractivity contribution in [3.05, 3.63) is 36.5 Å². The van der Waals surface area contributed by atoms with Gasteiger partial charge >= 0.3 is 0 Å². The maximum Gasteiger partial charge on any atom is 0.0716 e. The largest absolute Gasteiger partial charge is 0.376 e. The molecule has 0 N–H and O–H groups in total. The van der Waals surface area contributed by atoms with Crippen LogP contribution in [0.25, 0.3) is 0 Å². The fraction of sp³-hybridized carbons (Fsp3) is 0.538. The maximum atomic E-state index is 5.59. The highest BCUT2D eigenvalue weighted by Crippen LogP contribution is 2.04.